The summed E-state index contributed by atoms with van der Waals surface area (Å²) in [4.78, 5) is 28.5. The molecule has 1 unspecified atom stereocenters. The van der Waals surface area contributed by atoms with Crippen LogP contribution in [0.4, 0.5) is 0 Å². The van der Waals surface area contributed by atoms with Crippen LogP contribution in [-0.4, -0.2) is 51.0 Å². The molecule has 2 heterocycles. The topological polar surface area (TPSA) is 73.4 Å². The molecule has 1 aliphatic rings. The predicted molar refractivity (Wildman–Crippen MR) is 92.1 cm³/mol. The third-order valence-corrected chi connectivity index (χ3v) is 5.36. The highest BCUT2D eigenvalue weighted by Gasteiger charge is 2.29. The Kier molecular flexibility index (Phi) is 4.82. The number of nitrogens with one attached hydrogen (secondary N) is 1. The zero-order valence-electron chi connectivity index (χ0n) is 12.4. The monoisotopic (exact) mass is 352 g/mol. The molecular weight excluding hydrogens is 336 g/mol. The summed E-state index contributed by atoms with van der Waals surface area (Å²) in [6, 6.07) is 5.30. The largest absolute Gasteiger partial charge is 0.481 e. The Morgan fingerprint density at radius 2 is 2.26 bits per heavy atom. The summed E-state index contributed by atoms with van der Waals surface area (Å²) in [5.41, 5.74) is 1.83. The van der Waals surface area contributed by atoms with E-state index in [-0.39, 0.29) is 24.8 Å². The van der Waals surface area contributed by atoms with E-state index in [0.29, 0.717) is 17.3 Å². The Hall–Kier alpha value is -1.66. The van der Waals surface area contributed by atoms with Gasteiger partial charge in [0.2, 0.25) is 5.91 Å². The molecule has 1 aromatic carbocycles. The average Bonchev–Trinajstić information content (AvgIpc) is 2.89. The van der Waals surface area contributed by atoms with Crippen molar-refractivity contribution in [1.82, 2.24) is 9.88 Å². The summed E-state index contributed by atoms with van der Waals surface area (Å²) in [6.07, 6.45) is 2.07. The van der Waals surface area contributed by atoms with E-state index in [0.717, 1.165) is 22.2 Å². The normalized spacial score (nSPS) is 18.3. The lowest BCUT2D eigenvalue weighted by atomic mass is 10.1. The molecule has 1 atom stereocenters. The SMILES string of the molecule is O=C(O)CC1CSCCN1C(=O)Cc1c[nH]c2ccc(Cl)cc12. The first-order valence-corrected chi connectivity index (χ1v) is 8.92. The van der Waals surface area contributed by atoms with Crippen LogP contribution in [0, 0.1) is 0 Å². The first-order valence-electron chi connectivity index (χ1n) is 7.39. The first kappa shape index (κ1) is 16.2. The molecule has 0 bridgehead atoms. The standard InChI is InChI=1S/C16H17ClN2O3S/c17-11-1-2-14-13(6-11)10(8-18-14)5-15(20)19-3-4-23-9-12(19)7-16(21)22/h1-2,6,8,12,18H,3-5,7,9H2,(H,21,22). The van der Waals surface area contributed by atoms with Crippen LogP contribution in [-0.2, 0) is 16.0 Å². The van der Waals surface area contributed by atoms with E-state index in [1.54, 1.807) is 22.7 Å². The number of carboxylic acid groups (broad SMARTS) is 1. The molecule has 3 rings (SSSR count). The molecule has 122 valence electrons. The predicted octanol–water partition coefficient (Wildman–Crippen LogP) is 2.78. The van der Waals surface area contributed by atoms with E-state index >= 15 is 0 Å². The van der Waals surface area contributed by atoms with Gasteiger partial charge in [0, 0.05) is 40.2 Å². The number of nitrogens with zero attached hydrogens (tertiary/aromatic N) is 1. The smallest absolute Gasteiger partial charge is 0.305 e. The molecular formula is C16H17ClN2O3S. The van der Waals surface area contributed by atoms with Crippen LogP contribution in [0.2, 0.25) is 5.02 Å². The van der Waals surface area contributed by atoms with Gasteiger partial charge in [-0.15, -0.1) is 0 Å². The van der Waals surface area contributed by atoms with Crippen LogP contribution in [0.3, 0.4) is 0 Å². The zero-order valence-corrected chi connectivity index (χ0v) is 14.0. The molecule has 5 nitrogen and oxygen atoms in total. The summed E-state index contributed by atoms with van der Waals surface area (Å²) >= 11 is 7.73. The number of amides is 1. The Morgan fingerprint density at radius 1 is 1.43 bits per heavy atom. The maximum Gasteiger partial charge on any atom is 0.305 e. The van der Waals surface area contributed by atoms with E-state index in [9.17, 15) is 9.59 Å². The average molecular weight is 353 g/mol. The molecule has 1 fully saturated rings. The van der Waals surface area contributed by atoms with Crippen LogP contribution >= 0.6 is 23.4 Å². The zero-order chi connectivity index (χ0) is 16.4. The second-order valence-electron chi connectivity index (χ2n) is 5.59. The maximum atomic E-state index is 12.7. The lowest BCUT2D eigenvalue weighted by molar-refractivity contribution is -0.140. The summed E-state index contributed by atoms with van der Waals surface area (Å²) < 4.78 is 0. The molecule has 0 saturated carbocycles. The molecule has 2 aromatic rings. The van der Waals surface area contributed by atoms with Gasteiger partial charge in [-0.25, -0.2) is 0 Å². The molecule has 1 aromatic heterocycles. The number of hydrogen-bond acceptors (Lipinski definition) is 3. The molecule has 0 spiro atoms. The molecule has 0 radical (unpaired) electrons. The number of benzene rings is 1. The molecule has 7 heteroatoms. The quantitative estimate of drug-likeness (QED) is 0.887. The van der Waals surface area contributed by atoms with E-state index < -0.39 is 5.97 Å². The molecule has 1 amide bonds. The molecule has 0 aliphatic carbocycles. The summed E-state index contributed by atoms with van der Waals surface area (Å²) in [6.45, 7) is 0.602. The third kappa shape index (κ3) is 3.64. The number of rotatable bonds is 4. The van der Waals surface area contributed by atoms with Gasteiger partial charge in [0.1, 0.15) is 0 Å². The van der Waals surface area contributed by atoms with Crippen molar-refractivity contribution in [3.05, 3.63) is 35.0 Å². The highest BCUT2D eigenvalue weighted by Crippen LogP contribution is 2.25. The Morgan fingerprint density at radius 3 is 3.04 bits per heavy atom. The fourth-order valence-electron chi connectivity index (χ4n) is 2.92. The highest BCUT2D eigenvalue weighted by atomic mass is 35.5. The first-order chi connectivity index (χ1) is 11.0. The highest BCUT2D eigenvalue weighted by molar-refractivity contribution is 7.99. The van der Waals surface area contributed by atoms with Crippen molar-refractivity contribution in [3.8, 4) is 0 Å². The number of carbonyl (C=O) groups is 2. The fraction of sp³-hybridized carbons (Fsp3) is 0.375. The van der Waals surface area contributed by atoms with Gasteiger partial charge in [-0.1, -0.05) is 11.6 Å². The van der Waals surface area contributed by atoms with Crippen LogP contribution < -0.4 is 0 Å². The number of hydrogen-bond donors (Lipinski definition) is 2. The molecule has 2 N–H and O–H groups in total. The summed E-state index contributed by atoms with van der Waals surface area (Å²) in [5.74, 6) is 0.630. The van der Waals surface area contributed by atoms with Crippen molar-refractivity contribution in [1.29, 1.82) is 0 Å². The second-order valence-corrected chi connectivity index (χ2v) is 7.18. The lowest BCUT2D eigenvalue weighted by Crippen LogP contribution is -2.47. The van der Waals surface area contributed by atoms with Crippen molar-refractivity contribution in [2.75, 3.05) is 18.1 Å². The van der Waals surface area contributed by atoms with Gasteiger partial charge >= 0.3 is 5.97 Å². The van der Waals surface area contributed by atoms with Crippen molar-refractivity contribution in [2.24, 2.45) is 0 Å². The Bertz CT molecular complexity index is 746. The summed E-state index contributed by atoms with van der Waals surface area (Å²) in [5, 5.41) is 10.6. The molecule has 23 heavy (non-hydrogen) atoms. The minimum atomic E-state index is -0.867. The van der Waals surface area contributed by atoms with Gasteiger partial charge in [0.25, 0.3) is 0 Å². The van der Waals surface area contributed by atoms with Crippen molar-refractivity contribution >= 4 is 46.1 Å². The minimum absolute atomic E-state index is 0.00153. The number of aromatic amines is 1. The minimum Gasteiger partial charge on any atom is -0.481 e. The maximum absolute atomic E-state index is 12.7. The number of aromatic nitrogens is 1. The van der Waals surface area contributed by atoms with E-state index in [2.05, 4.69) is 4.98 Å². The van der Waals surface area contributed by atoms with Gasteiger partial charge in [-0.3, -0.25) is 9.59 Å². The van der Waals surface area contributed by atoms with E-state index in [1.807, 2.05) is 18.3 Å². The molecule has 1 saturated heterocycles. The van der Waals surface area contributed by atoms with Crippen molar-refractivity contribution < 1.29 is 14.7 Å². The Labute approximate surface area is 143 Å². The van der Waals surface area contributed by atoms with Crippen LogP contribution in [0.5, 0.6) is 0 Å². The third-order valence-electron chi connectivity index (χ3n) is 4.03. The van der Waals surface area contributed by atoms with Crippen molar-refractivity contribution in [2.45, 2.75) is 18.9 Å². The van der Waals surface area contributed by atoms with E-state index in [4.69, 9.17) is 16.7 Å². The van der Waals surface area contributed by atoms with Gasteiger partial charge in [0.05, 0.1) is 18.9 Å². The van der Waals surface area contributed by atoms with Crippen LogP contribution in [0.15, 0.2) is 24.4 Å². The number of H-pyrrole nitrogens is 1. The lowest BCUT2D eigenvalue weighted by Gasteiger charge is -2.34. The number of thioether (sulfide) groups is 1. The van der Waals surface area contributed by atoms with Crippen LogP contribution in [0.1, 0.15) is 12.0 Å². The number of carboxylic acids is 1. The van der Waals surface area contributed by atoms with Crippen LogP contribution in [0.25, 0.3) is 10.9 Å². The van der Waals surface area contributed by atoms with Gasteiger partial charge in [-0.05, 0) is 23.8 Å². The number of carbonyl (C=O) groups excluding carboxylic acids is 1. The second kappa shape index (κ2) is 6.84. The van der Waals surface area contributed by atoms with Crippen molar-refractivity contribution in [3.63, 3.8) is 0 Å². The van der Waals surface area contributed by atoms with E-state index in [1.165, 1.54) is 0 Å². The fourth-order valence-corrected chi connectivity index (χ4v) is 4.15. The summed E-state index contributed by atoms with van der Waals surface area (Å²) in [7, 11) is 0. The Balaban J connectivity index is 1.78. The van der Waals surface area contributed by atoms with Gasteiger partial charge in [-0.2, -0.15) is 11.8 Å². The number of fused-ring (bicyclic) bond motifs is 1. The molecule has 1 aliphatic heterocycles. The van der Waals surface area contributed by atoms with Gasteiger partial charge in [0.15, 0.2) is 0 Å². The number of halogens is 1. The number of aliphatic carboxylic acids is 1. The van der Waals surface area contributed by atoms with Gasteiger partial charge < -0.3 is 15.0 Å².